The number of aliphatic carboxylic acids is 1. The minimum atomic E-state index is -5.08. The fourth-order valence-corrected chi connectivity index (χ4v) is 4.10. The summed E-state index contributed by atoms with van der Waals surface area (Å²) < 4.78 is 32.5. The molecule has 1 aliphatic rings. The lowest BCUT2D eigenvalue weighted by molar-refractivity contribution is -0.192. The van der Waals surface area contributed by atoms with Crippen LogP contribution in [0.15, 0.2) is 41.1 Å². The van der Waals surface area contributed by atoms with Gasteiger partial charge < -0.3 is 15.1 Å². The van der Waals surface area contributed by atoms with Crippen molar-refractivity contribution in [2.45, 2.75) is 25.2 Å². The Morgan fingerprint density at radius 3 is 2.56 bits per heavy atom. The van der Waals surface area contributed by atoms with Crippen molar-refractivity contribution in [1.82, 2.24) is 25.4 Å². The number of rotatable bonds is 5. The van der Waals surface area contributed by atoms with Gasteiger partial charge in [-0.2, -0.15) is 18.3 Å². The van der Waals surface area contributed by atoms with Crippen LogP contribution in [-0.2, 0) is 22.6 Å². The van der Waals surface area contributed by atoms with E-state index in [1.54, 1.807) is 0 Å². The fourth-order valence-electron chi connectivity index (χ4n) is 3.58. The van der Waals surface area contributed by atoms with E-state index in [1.807, 2.05) is 41.4 Å². The van der Waals surface area contributed by atoms with Crippen molar-refractivity contribution in [3.63, 3.8) is 0 Å². The van der Waals surface area contributed by atoms with Crippen LogP contribution in [0.5, 0.6) is 0 Å². The molecule has 0 bridgehead atoms. The number of aliphatic hydroxyl groups excluding tert-OH is 1. The van der Waals surface area contributed by atoms with Crippen molar-refractivity contribution in [3.8, 4) is 0 Å². The molecule has 1 amide bonds. The number of nitrogens with zero attached hydrogens (tertiary/aromatic N) is 3. The molecule has 2 aromatic heterocycles. The summed E-state index contributed by atoms with van der Waals surface area (Å²) >= 11 is 3.48. The molecule has 0 aliphatic carbocycles. The van der Waals surface area contributed by atoms with E-state index < -0.39 is 18.2 Å². The molecule has 1 aliphatic heterocycles. The van der Waals surface area contributed by atoms with Gasteiger partial charge in [-0.15, -0.1) is 0 Å². The average Bonchev–Trinajstić information content (AvgIpc) is 3.20. The number of carbonyl (C=O) groups is 2. The quantitative estimate of drug-likeness (QED) is 0.389. The van der Waals surface area contributed by atoms with Crippen molar-refractivity contribution < 1.29 is 33.0 Å². The van der Waals surface area contributed by atoms with Gasteiger partial charge >= 0.3 is 12.1 Å². The van der Waals surface area contributed by atoms with E-state index in [-0.39, 0.29) is 12.5 Å². The number of nitrogens with one attached hydrogen (secondary N) is 2. The smallest absolute Gasteiger partial charge is 0.475 e. The van der Waals surface area contributed by atoms with Crippen LogP contribution in [0.25, 0.3) is 11.0 Å². The number of alkyl halides is 3. The largest absolute Gasteiger partial charge is 0.490 e. The van der Waals surface area contributed by atoms with Gasteiger partial charge in [-0.1, -0.05) is 30.3 Å². The van der Waals surface area contributed by atoms with Gasteiger partial charge in [0.15, 0.2) is 5.65 Å². The summed E-state index contributed by atoms with van der Waals surface area (Å²) in [7, 11) is 0. The van der Waals surface area contributed by atoms with Crippen molar-refractivity contribution >= 4 is 38.8 Å². The van der Waals surface area contributed by atoms with Gasteiger partial charge in [0.2, 0.25) is 5.91 Å². The van der Waals surface area contributed by atoms with Crippen LogP contribution in [0.2, 0.25) is 0 Å². The minimum absolute atomic E-state index is 0.00616. The Bertz CT molecular complexity index is 1160. The van der Waals surface area contributed by atoms with E-state index in [4.69, 9.17) is 9.90 Å². The highest BCUT2D eigenvalue weighted by molar-refractivity contribution is 9.10. The molecular weight excluding hydrogens is 523 g/mol. The monoisotopic (exact) mass is 543 g/mol. The molecule has 34 heavy (non-hydrogen) atoms. The number of aromatic nitrogens is 3. The van der Waals surface area contributed by atoms with Crippen LogP contribution >= 0.6 is 15.9 Å². The number of benzene rings is 1. The Morgan fingerprint density at radius 2 is 1.94 bits per heavy atom. The van der Waals surface area contributed by atoms with E-state index in [1.165, 1.54) is 5.56 Å². The molecule has 0 saturated heterocycles. The molecule has 0 spiro atoms. The number of pyridine rings is 1. The van der Waals surface area contributed by atoms with Gasteiger partial charge in [0, 0.05) is 25.8 Å². The molecular formula is C21H21BrF3N5O4. The number of aromatic amines is 1. The summed E-state index contributed by atoms with van der Waals surface area (Å²) in [6.45, 7) is 1.49. The maximum absolute atomic E-state index is 13.2. The number of carbonyl (C=O) groups excluding carboxylic acids is 1. The van der Waals surface area contributed by atoms with Crippen molar-refractivity contribution in [3.05, 3.63) is 57.8 Å². The molecule has 3 aromatic rings. The van der Waals surface area contributed by atoms with Crippen LogP contribution in [-0.4, -0.2) is 68.0 Å². The van der Waals surface area contributed by atoms with Gasteiger partial charge in [0.1, 0.15) is 10.6 Å². The van der Waals surface area contributed by atoms with E-state index in [2.05, 4.69) is 36.4 Å². The average molecular weight is 544 g/mol. The third kappa shape index (κ3) is 5.90. The molecule has 3 heterocycles. The molecule has 1 aromatic carbocycles. The van der Waals surface area contributed by atoms with E-state index >= 15 is 0 Å². The number of amides is 1. The highest BCUT2D eigenvalue weighted by Crippen LogP contribution is 2.30. The number of carboxylic acid groups (broad SMARTS) is 1. The SMILES string of the molecule is O=C(C(NCCO)c1ccccc1)N1CCc2c(cnc3[nH]nc(Br)c23)C1.O=C(O)C(F)(F)F. The second-order valence-corrected chi connectivity index (χ2v) is 8.09. The number of halogens is 4. The molecule has 4 rings (SSSR count). The second kappa shape index (κ2) is 10.9. The van der Waals surface area contributed by atoms with Crippen molar-refractivity contribution in [2.24, 2.45) is 0 Å². The summed E-state index contributed by atoms with van der Waals surface area (Å²) in [4.78, 5) is 28.4. The lowest BCUT2D eigenvalue weighted by Crippen LogP contribution is -2.44. The molecule has 13 heteroatoms. The first-order valence-electron chi connectivity index (χ1n) is 10.1. The minimum Gasteiger partial charge on any atom is -0.475 e. The molecule has 0 radical (unpaired) electrons. The highest BCUT2D eigenvalue weighted by Gasteiger charge is 2.38. The number of aliphatic hydroxyl groups is 1. The molecule has 182 valence electrons. The number of hydrogen-bond donors (Lipinski definition) is 4. The molecule has 0 fully saturated rings. The van der Waals surface area contributed by atoms with Crippen LogP contribution in [0, 0.1) is 0 Å². The molecule has 1 atom stereocenters. The normalized spacial score (nSPS) is 14.2. The molecule has 1 unspecified atom stereocenters. The van der Waals surface area contributed by atoms with Crippen molar-refractivity contribution in [2.75, 3.05) is 19.7 Å². The zero-order valence-electron chi connectivity index (χ0n) is 17.6. The maximum Gasteiger partial charge on any atom is 0.490 e. The maximum atomic E-state index is 13.2. The van der Waals surface area contributed by atoms with Crippen molar-refractivity contribution in [1.29, 1.82) is 0 Å². The summed E-state index contributed by atoms with van der Waals surface area (Å²) in [5, 5.41) is 27.6. The summed E-state index contributed by atoms with van der Waals surface area (Å²) in [6.07, 6.45) is -2.51. The Hall–Kier alpha value is -3.03. The molecule has 0 saturated carbocycles. The van der Waals surface area contributed by atoms with Gasteiger partial charge in [-0.05, 0) is 39.0 Å². The Kier molecular flexibility index (Phi) is 8.23. The Morgan fingerprint density at radius 1 is 1.26 bits per heavy atom. The van der Waals surface area contributed by atoms with Gasteiger partial charge in [-0.25, -0.2) is 9.78 Å². The molecule has 9 nitrogen and oxygen atoms in total. The highest BCUT2D eigenvalue weighted by atomic mass is 79.9. The van der Waals surface area contributed by atoms with Crippen LogP contribution in [0.1, 0.15) is 22.7 Å². The van der Waals surface area contributed by atoms with E-state index in [9.17, 15) is 23.1 Å². The third-order valence-corrected chi connectivity index (χ3v) is 5.70. The van der Waals surface area contributed by atoms with Crippen LogP contribution in [0.3, 0.4) is 0 Å². The summed E-state index contributed by atoms with van der Waals surface area (Å²) in [6, 6.07) is 9.14. The topological polar surface area (TPSA) is 131 Å². The number of fused-ring (bicyclic) bond motifs is 3. The van der Waals surface area contributed by atoms with Gasteiger partial charge in [-0.3, -0.25) is 15.2 Å². The summed E-state index contributed by atoms with van der Waals surface area (Å²) in [5.74, 6) is -2.75. The summed E-state index contributed by atoms with van der Waals surface area (Å²) in [5.41, 5.74) is 3.88. The van der Waals surface area contributed by atoms with E-state index in [0.717, 1.165) is 33.2 Å². The third-order valence-electron chi connectivity index (χ3n) is 5.13. The van der Waals surface area contributed by atoms with Gasteiger partial charge in [0.05, 0.1) is 12.0 Å². The molecule has 4 N–H and O–H groups in total. The van der Waals surface area contributed by atoms with Crippen LogP contribution in [0.4, 0.5) is 13.2 Å². The zero-order valence-corrected chi connectivity index (χ0v) is 19.2. The first-order chi connectivity index (χ1) is 16.1. The Labute approximate surface area is 200 Å². The zero-order chi connectivity index (χ0) is 24.9. The first-order valence-corrected chi connectivity index (χ1v) is 10.9. The van der Waals surface area contributed by atoms with E-state index in [0.29, 0.717) is 19.6 Å². The Balaban J connectivity index is 0.000000406. The van der Waals surface area contributed by atoms with Crippen LogP contribution < -0.4 is 5.32 Å². The second-order valence-electron chi connectivity index (χ2n) is 7.33. The lowest BCUT2D eigenvalue weighted by Gasteiger charge is -2.32. The number of hydrogen-bond acceptors (Lipinski definition) is 6. The first kappa shape index (κ1) is 25.6. The lowest BCUT2D eigenvalue weighted by atomic mass is 9.97. The predicted octanol–water partition coefficient (Wildman–Crippen LogP) is 2.56. The number of carboxylic acids is 1. The van der Waals surface area contributed by atoms with Gasteiger partial charge in [0.25, 0.3) is 0 Å². The fraction of sp³-hybridized carbons (Fsp3) is 0.333. The standard InChI is InChI=1S/C19H20BrN5O2.C2HF3O2/c20-17-15-14-6-8-25(11-13(14)10-22-18(15)24-23-17)19(27)16(21-7-9-26)12-4-2-1-3-5-12;3-2(4,5)1(6)7/h1-5,10,16,21,26H,6-9,11H2,(H,22,23,24);(H,6,7). The predicted molar refractivity (Wildman–Crippen MR) is 119 cm³/mol. The number of H-pyrrole nitrogens is 1.